The highest BCUT2D eigenvalue weighted by atomic mass is 79.9. The third kappa shape index (κ3) is 2.31. The number of carbonyl (C=O) groups is 1. The Labute approximate surface area is 107 Å². The third-order valence-electron chi connectivity index (χ3n) is 3.09. The average molecular weight is 304 g/mol. The van der Waals surface area contributed by atoms with Crippen LogP contribution in [0, 0.1) is 0 Å². The number of amides is 1. The van der Waals surface area contributed by atoms with Crippen molar-refractivity contribution < 1.29 is 9.53 Å². The smallest absolute Gasteiger partial charge is 0.262 e. The maximum atomic E-state index is 11.8. The molecule has 16 heavy (non-hydrogen) atoms. The first-order valence-electron chi connectivity index (χ1n) is 5.23. The lowest BCUT2D eigenvalue weighted by Gasteiger charge is -2.40. The average Bonchev–Trinajstić information content (AvgIpc) is 2.63. The predicted octanol–water partition coefficient (Wildman–Crippen LogP) is 2.81. The van der Waals surface area contributed by atoms with Gasteiger partial charge in [-0.15, -0.1) is 11.3 Å². The summed E-state index contributed by atoms with van der Waals surface area (Å²) in [6, 6.07) is 1.88. The Morgan fingerprint density at radius 1 is 1.69 bits per heavy atom. The topological polar surface area (TPSA) is 38.3 Å². The molecule has 1 amide bonds. The molecule has 88 valence electrons. The molecule has 1 fully saturated rings. The SMILES string of the molecule is COC1(CNC(=O)c2sccc2Br)CCC1. The number of methoxy groups -OCH3 is 1. The van der Waals surface area contributed by atoms with E-state index in [9.17, 15) is 4.79 Å². The summed E-state index contributed by atoms with van der Waals surface area (Å²) < 4.78 is 6.31. The van der Waals surface area contributed by atoms with Gasteiger partial charge in [0, 0.05) is 18.1 Å². The van der Waals surface area contributed by atoms with Crippen molar-refractivity contribution in [3.63, 3.8) is 0 Å². The van der Waals surface area contributed by atoms with E-state index in [1.54, 1.807) is 7.11 Å². The second kappa shape index (κ2) is 4.85. The number of carbonyl (C=O) groups excluding carboxylic acids is 1. The van der Waals surface area contributed by atoms with Gasteiger partial charge in [0.25, 0.3) is 5.91 Å². The van der Waals surface area contributed by atoms with Crippen LogP contribution in [0.5, 0.6) is 0 Å². The van der Waals surface area contributed by atoms with Crippen molar-refractivity contribution in [2.24, 2.45) is 0 Å². The minimum absolute atomic E-state index is 0.0230. The Hall–Kier alpha value is -0.390. The molecular weight excluding hydrogens is 290 g/mol. The molecule has 1 aromatic rings. The van der Waals surface area contributed by atoms with Gasteiger partial charge in [-0.2, -0.15) is 0 Å². The van der Waals surface area contributed by atoms with Gasteiger partial charge in [-0.1, -0.05) is 0 Å². The van der Waals surface area contributed by atoms with Gasteiger partial charge in [-0.3, -0.25) is 4.79 Å². The first kappa shape index (κ1) is 12.1. The van der Waals surface area contributed by atoms with E-state index in [1.165, 1.54) is 17.8 Å². The molecule has 1 aromatic heterocycles. The first-order chi connectivity index (χ1) is 7.67. The molecule has 1 aliphatic rings. The van der Waals surface area contributed by atoms with E-state index in [2.05, 4.69) is 21.2 Å². The Morgan fingerprint density at radius 3 is 2.88 bits per heavy atom. The van der Waals surface area contributed by atoms with Crippen LogP contribution in [0.3, 0.4) is 0 Å². The van der Waals surface area contributed by atoms with Crippen LogP contribution >= 0.6 is 27.3 Å². The summed E-state index contributed by atoms with van der Waals surface area (Å²) in [4.78, 5) is 12.6. The summed E-state index contributed by atoms with van der Waals surface area (Å²) in [6.45, 7) is 0.604. The number of hydrogen-bond donors (Lipinski definition) is 1. The number of ether oxygens (including phenoxy) is 1. The minimum Gasteiger partial charge on any atom is -0.376 e. The number of halogens is 1. The number of nitrogens with one attached hydrogen (secondary N) is 1. The molecule has 0 radical (unpaired) electrons. The number of rotatable bonds is 4. The van der Waals surface area contributed by atoms with E-state index < -0.39 is 0 Å². The molecule has 2 rings (SSSR count). The Morgan fingerprint density at radius 2 is 2.44 bits per heavy atom. The van der Waals surface area contributed by atoms with Gasteiger partial charge in [0.15, 0.2) is 0 Å². The van der Waals surface area contributed by atoms with Crippen molar-refractivity contribution in [1.29, 1.82) is 0 Å². The zero-order chi connectivity index (χ0) is 11.6. The van der Waals surface area contributed by atoms with Crippen molar-refractivity contribution in [1.82, 2.24) is 5.32 Å². The monoisotopic (exact) mass is 303 g/mol. The zero-order valence-corrected chi connectivity index (χ0v) is 11.5. The second-order valence-corrected chi connectivity index (χ2v) is 5.79. The molecule has 0 aliphatic heterocycles. The van der Waals surface area contributed by atoms with E-state index in [4.69, 9.17) is 4.74 Å². The molecule has 1 saturated carbocycles. The fourth-order valence-electron chi connectivity index (χ4n) is 1.80. The molecule has 5 heteroatoms. The highest BCUT2D eigenvalue weighted by Gasteiger charge is 2.37. The fourth-order valence-corrected chi connectivity index (χ4v) is 3.27. The van der Waals surface area contributed by atoms with Gasteiger partial charge < -0.3 is 10.1 Å². The van der Waals surface area contributed by atoms with Crippen LogP contribution in [0.2, 0.25) is 0 Å². The lowest BCUT2D eigenvalue weighted by atomic mass is 9.80. The van der Waals surface area contributed by atoms with Crippen molar-refractivity contribution in [3.05, 3.63) is 20.8 Å². The van der Waals surface area contributed by atoms with E-state index >= 15 is 0 Å². The Kier molecular flexibility index (Phi) is 3.66. The maximum absolute atomic E-state index is 11.8. The van der Waals surface area contributed by atoms with E-state index in [-0.39, 0.29) is 11.5 Å². The molecule has 3 nitrogen and oxygen atoms in total. The van der Waals surface area contributed by atoms with Crippen LogP contribution in [0.1, 0.15) is 28.9 Å². The molecule has 0 saturated heterocycles. The van der Waals surface area contributed by atoms with Crippen molar-refractivity contribution in [3.8, 4) is 0 Å². The summed E-state index contributed by atoms with van der Waals surface area (Å²) >= 11 is 4.80. The summed E-state index contributed by atoms with van der Waals surface area (Å²) in [5.74, 6) is -0.0230. The lowest BCUT2D eigenvalue weighted by Crippen LogP contribution is -2.49. The van der Waals surface area contributed by atoms with Crippen LogP contribution in [-0.2, 0) is 4.74 Å². The highest BCUT2D eigenvalue weighted by Crippen LogP contribution is 2.34. The summed E-state index contributed by atoms with van der Waals surface area (Å²) in [5, 5.41) is 4.83. The quantitative estimate of drug-likeness (QED) is 0.929. The number of hydrogen-bond acceptors (Lipinski definition) is 3. The molecule has 1 heterocycles. The van der Waals surface area contributed by atoms with Gasteiger partial charge in [0.2, 0.25) is 0 Å². The van der Waals surface area contributed by atoms with Crippen molar-refractivity contribution >= 4 is 33.2 Å². The van der Waals surface area contributed by atoms with E-state index in [1.807, 2.05) is 11.4 Å². The standard InChI is InChI=1S/C11H14BrNO2S/c1-15-11(4-2-5-11)7-13-10(14)9-8(12)3-6-16-9/h3,6H,2,4-5,7H2,1H3,(H,13,14). The molecule has 1 N–H and O–H groups in total. The van der Waals surface area contributed by atoms with Crippen LogP contribution in [0.4, 0.5) is 0 Å². The molecule has 1 aliphatic carbocycles. The van der Waals surface area contributed by atoms with E-state index in [0.29, 0.717) is 6.54 Å². The third-order valence-corrected chi connectivity index (χ3v) is 4.93. The molecular formula is C11H14BrNO2S. The zero-order valence-electron chi connectivity index (χ0n) is 9.09. The fraction of sp³-hybridized carbons (Fsp3) is 0.545. The Bertz CT molecular complexity index is 382. The van der Waals surface area contributed by atoms with Gasteiger partial charge >= 0.3 is 0 Å². The molecule has 0 bridgehead atoms. The number of thiophene rings is 1. The molecule has 0 atom stereocenters. The van der Waals surface area contributed by atoms with Crippen LogP contribution < -0.4 is 5.32 Å². The maximum Gasteiger partial charge on any atom is 0.262 e. The van der Waals surface area contributed by atoms with E-state index in [0.717, 1.165) is 22.2 Å². The summed E-state index contributed by atoms with van der Waals surface area (Å²) in [6.07, 6.45) is 3.26. The summed E-state index contributed by atoms with van der Waals surface area (Å²) in [5.41, 5.74) is -0.112. The molecule has 0 aromatic carbocycles. The van der Waals surface area contributed by atoms with Gasteiger partial charge in [0.05, 0.1) is 5.60 Å². The lowest BCUT2D eigenvalue weighted by molar-refractivity contribution is -0.0679. The van der Waals surface area contributed by atoms with Gasteiger partial charge in [0.1, 0.15) is 4.88 Å². The largest absolute Gasteiger partial charge is 0.376 e. The van der Waals surface area contributed by atoms with Crippen LogP contribution in [-0.4, -0.2) is 25.2 Å². The molecule has 0 spiro atoms. The normalized spacial score (nSPS) is 17.9. The van der Waals surface area contributed by atoms with Gasteiger partial charge in [-0.05, 0) is 46.6 Å². The van der Waals surface area contributed by atoms with Gasteiger partial charge in [-0.25, -0.2) is 0 Å². The molecule has 0 unspecified atom stereocenters. The van der Waals surface area contributed by atoms with Crippen LogP contribution in [0.25, 0.3) is 0 Å². The highest BCUT2D eigenvalue weighted by molar-refractivity contribution is 9.10. The first-order valence-corrected chi connectivity index (χ1v) is 6.90. The van der Waals surface area contributed by atoms with Crippen molar-refractivity contribution in [2.75, 3.05) is 13.7 Å². The predicted molar refractivity (Wildman–Crippen MR) is 67.9 cm³/mol. The van der Waals surface area contributed by atoms with Crippen LogP contribution in [0.15, 0.2) is 15.9 Å². The minimum atomic E-state index is -0.112. The summed E-state index contributed by atoms with van der Waals surface area (Å²) in [7, 11) is 1.71. The Balaban J connectivity index is 1.91. The van der Waals surface area contributed by atoms with Crippen molar-refractivity contribution in [2.45, 2.75) is 24.9 Å². The second-order valence-electron chi connectivity index (χ2n) is 4.02.